The number of pyridine rings is 1. The van der Waals surface area contributed by atoms with E-state index in [4.69, 9.17) is 16.2 Å². The normalized spacial score (nSPS) is 11.1. The highest BCUT2D eigenvalue weighted by Crippen LogP contribution is 2.32. The van der Waals surface area contributed by atoms with Crippen molar-refractivity contribution in [2.24, 2.45) is 0 Å². The van der Waals surface area contributed by atoms with Crippen LogP contribution in [0.15, 0.2) is 65.3 Å². The highest BCUT2D eigenvalue weighted by atomic mass is 79.9. The number of methoxy groups -OCH3 is 1. The number of hydrogen-bond acceptors (Lipinski definition) is 9. The van der Waals surface area contributed by atoms with Gasteiger partial charge in [0.25, 0.3) is 5.95 Å². The Morgan fingerprint density at radius 3 is 2.40 bits per heavy atom. The minimum atomic E-state index is -0.610. The number of aromatic nitrogens is 5. The molecule has 0 saturated heterocycles. The quantitative estimate of drug-likeness (QED) is 0.248. The second kappa shape index (κ2) is 11.2. The molecule has 3 aromatic heterocycles. The van der Waals surface area contributed by atoms with Gasteiger partial charge in [-0.15, -0.1) is 0 Å². The number of nitrogen functional groups attached to an aromatic ring is 2. The first-order valence-corrected chi connectivity index (χ1v) is 12.8. The summed E-state index contributed by atoms with van der Waals surface area (Å²) in [7, 11) is 1.28. The number of nitrogens with zero attached hydrogens (tertiary/aromatic N) is 6. The monoisotopic (exact) mass is 608 g/mol. The summed E-state index contributed by atoms with van der Waals surface area (Å²) in [6, 6.07) is 15.0. The Balaban J connectivity index is 1.59. The first-order chi connectivity index (χ1) is 19.2. The highest BCUT2D eigenvalue weighted by Gasteiger charge is 2.24. The third-order valence-electron chi connectivity index (χ3n) is 6.17. The van der Waals surface area contributed by atoms with Crippen molar-refractivity contribution in [3.63, 3.8) is 0 Å². The van der Waals surface area contributed by atoms with Gasteiger partial charge in [0.15, 0.2) is 11.6 Å². The van der Waals surface area contributed by atoms with Crippen molar-refractivity contribution in [1.29, 1.82) is 0 Å². The van der Waals surface area contributed by atoms with E-state index < -0.39 is 17.6 Å². The van der Waals surface area contributed by atoms with Crippen molar-refractivity contribution in [2.75, 3.05) is 30.0 Å². The Morgan fingerprint density at radius 2 is 1.73 bits per heavy atom. The van der Waals surface area contributed by atoms with Gasteiger partial charge in [-0.1, -0.05) is 52.3 Å². The maximum atomic E-state index is 14.4. The third-order valence-corrected chi connectivity index (χ3v) is 6.94. The standard InChI is InChI=1S/C27H23BrF2N8O2/c1-40-22(39)14-37(13-16-7-2-4-8-18(16)28)24-25(31)34-27(35-26(24)32)38-21-11-17(29)12-33-23(21)20(36-38)10-15-6-3-5-9-19(15)30/h2-9,11-12H,10,13-14H2,1H3,(H4,31,32,34,35). The zero-order valence-corrected chi connectivity index (χ0v) is 22.8. The Morgan fingerprint density at radius 1 is 1.05 bits per heavy atom. The van der Waals surface area contributed by atoms with Gasteiger partial charge in [-0.25, -0.2) is 13.8 Å². The number of esters is 1. The Hall–Kier alpha value is -4.65. The van der Waals surface area contributed by atoms with Crippen LogP contribution in [0.25, 0.3) is 17.0 Å². The van der Waals surface area contributed by atoms with E-state index in [0.29, 0.717) is 16.8 Å². The van der Waals surface area contributed by atoms with Crippen molar-refractivity contribution >= 4 is 50.3 Å². The van der Waals surface area contributed by atoms with Gasteiger partial charge in [-0.2, -0.15) is 19.7 Å². The maximum Gasteiger partial charge on any atom is 0.325 e. The molecule has 0 aliphatic rings. The summed E-state index contributed by atoms with van der Waals surface area (Å²) in [5, 5.41) is 4.53. The number of carbonyl (C=O) groups excluding carboxylic acids is 1. The topological polar surface area (TPSA) is 138 Å². The van der Waals surface area contributed by atoms with Crippen LogP contribution >= 0.6 is 15.9 Å². The van der Waals surface area contributed by atoms with E-state index in [9.17, 15) is 13.6 Å². The van der Waals surface area contributed by atoms with E-state index in [1.165, 1.54) is 23.9 Å². The second-order valence-corrected chi connectivity index (χ2v) is 9.67. The van der Waals surface area contributed by atoms with Crippen LogP contribution in [0.4, 0.5) is 26.1 Å². The molecule has 13 heteroatoms. The molecular formula is C27H23BrF2N8O2. The van der Waals surface area contributed by atoms with Gasteiger partial charge in [0.1, 0.15) is 29.4 Å². The first kappa shape index (κ1) is 26.9. The van der Waals surface area contributed by atoms with E-state index in [-0.39, 0.29) is 48.3 Å². The number of halogens is 3. The van der Waals surface area contributed by atoms with E-state index in [2.05, 4.69) is 36.0 Å². The SMILES string of the molecule is COC(=O)CN(Cc1ccccc1Br)c1c(N)nc(-n2nc(Cc3ccccc3F)c3ncc(F)cc32)nc1N. The van der Waals surface area contributed by atoms with Crippen LogP contribution < -0.4 is 16.4 Å². The minimum absolute atomic E-state index is 0.0397. The summed E-state index contributed by atoms with van der Waals surface area (Å²) >= 11 is 3.51. The lowest BCUT2D eigenvalue weighted by Crippen LogP contribution is -2.32. The molecule has 4 N–H and O–H groups in total. The minimum Gasteiger partial charge on any atom is -0.468 e. The number of nitrogens with two attached hydrogens (primary N) is 2. The number of benzene rings is 2. The molecule has 5 aromatic rings. The smallest absolute Gasteiger partial charge is 0.325 e. The maximum absolute atomic E-state index is 14.4. The summed E-state index contributed by atoms with van der Waals surface area (Å²) in [6.45, 7) is 0.0574. The largest absolute Gasteiger partial charge is 0.468 e. The number of anilines is 3. The van der Waals surface area contributed by atoms with E-state index in [1.54, 1.807) is 23.1 Å². The molecule has 0 radical (unpaired) electrons. The summed E-state index contributed by atoms with van der Waals surface area (Å²) in [5.41, 5.74) is 15.2. The molecular weight excluding hydrogens is 586 g/mol. The Labute approximate surface area is 235 Å². The van der Waals surface area contributed by atoms with Crippen LogP contribution in [-0.2, 0) is 22.5 Å². The Bertz CT molecular complexity index is 1710. The van der Waals surface area contributed by atoms with Crippen LogP contribution in [0.5, 0.6) is 0 Å². The van der Waals surface area contributed by atoms with E-state index in [1.807, 2.05) is 24.3 Å². The van der Waals surface area contributed by atoms with Gasteiger partial charge < -0.3 is 21.1 Å². The molecule has 3 heterocycles. The van der Waals surface area contributed by atoms with Crippen molar-refractivity contribution in [1.82, 2.24) is 24.7 Å². The van der Waals surface area contributed by atoms with Crippen molar-refractivity contribution in [3.8, 4) is 5.95 Å². The molecule has 204 valence electrons. The van der Waals surface area contributed by atoms with Crippen LogP contribution in [-0.4, -0.2) is 44.4 Å². The molecule has 0 bridgehead atoms. The third kappa shape index (κ3) is 5.41. The van der Waals surface area contributed by atoms with Crippen LogP contribution in [0.3, 0.4) is 0 Å². The fraction of sp³-hybridized carbons (Fsp3) is 0.148. The lowest BCUT2D eigenvalue weighted by molar-refractivity contribution is -0.138. The molecule has 5 rings (SSSR count). The summed E-state index contributed by atoms with van der Waals surface area (Å²) < 4.78 is 35.6. The van der Waals surface area contributed by atoms with Gasteiger partial charge in [-0.05, 0) is 23.3 Å². The molecule has 0 aliphatic carbocycles. The molecule has 40 heavy (non-hydrogen) atoms. The fourth-order valence-corrected chi connectivity index (χ4v) is 4.70. The zero-order chi connectivity index (χ0) is 28.4. The molecule has 0 unspecified atom stereocenters. The highest BCUT2D eigenvalue weighted by molar-refractivity contribution is 9.10. The number of carbonyl (C=O) groups is 1. The van der Waals surface area contributed by atoms with Gasteiger partial charge in [0.2, 0.25) is 0 Å². The molecule has 0 aliphatic heterocycles. The zero-order valence-electron chi connectivity index (χ0n) is 21.2. The summed E-state index contributed by atoms with van der Waals surface area (Å²) in [4.78, 5) is 26.8. The molecule has 0 amide bonds. The van der Waals surface area contributed by atoms with Gasteiger partial charge >= 0.3 is 5.97 Å². The number of hydrogen-bond donors (Lipinski definition) is 2. The Kier molecular flexibility index (Phi) is 7.56. The average molecular weight is 609 g/mol. The molecule has 0 atom stereocenters. The number of fused-ring (bicyclic) bond motifs is 1. The van der Waals surface area contributed by atoms with Crippen LogP contribution in [0.1, 0.15) is 16.8 Å². The molecule has 0 spiro atoms. The van der Waals surface area contributed by atoms with E-state index in [0.717, 1.165) is 16.2 Å². The molecule has 0 saturated carbocycles. The summed E-state index contributed by atoms with van der Waals surface area (Å²) in [5.74, 6) is -1.66. The molecule has 0 fully saturated rings. The van der Waals surface area contributed by atoms with Gasteiger partial charge in [-0.3, -0.25) is 4.79 Å². The second-order valence-electron chi connectivity index (χ2n) is 8.81. The number of ether oxygens (including phenoxy) is 1. The van der Waals surface area contributed by atoms with Crippen molar-refractivity contribution in [2.45, 2.75) is 13.0 Å². The number of rotatable bonds is 8. The van der Waals surface area contributed by atoms with Crippen LogP contribution in [0.2, 0.25) is 0 Å². The predicted octanol–water partition coefficient (Wildman–Crippen LogP) is 4.19. The first-order valence-electron chi connectivity index (χ1n) is 12.0. The lowest BCUT2D eigenvalue weighted by atomic mass is 10.1. The predicted molar refractivity (Wildman–Crippen MR) is 150 cm³/mol. The summed E-state index contributed by atoms with van der Waals surface area (Å²) in [6.07, 6.45) is 1.15. The average Bonchev–Trinajstić information content (AvgIpc) is 3.27. The molecule has 10 nitrogen and oxygen atoms in total. The van der Waals surface area contributed by atoms with Gasteiger partial charge in [0, 0.05) is 23.5 Å². The van der Waals surface area contributed by atoms with E-state index >= 15 is 0 Å². The van der Waals surface area contributed by atoms with Gasteiger partial charge in [0.05, 0.1) is 24.5 Å². The fourth-order valence-electron chi connectivity index (χ4n) is 4.29. The van der Waals surface area contributed by atoms with Crippen LogP contribution in [0, 0.1) is 11.6 Å². The lowest BCUT2D eigenvalue weighted by Gasteiger charge is -2.26. The molecule has 2 aromatic carbocycles. The van der Waals surface area contributed by atoms with Crippen molar-refractivity contribution < 1.29 is 18.3 Å². The van der Waals surface area contributed by atoms with Crippen molar-refractivity contribution in [3.05, 3.63) is 93.7 Å².